The number of benzene rings is 3. The van der Waals surface area contributed by atoms with E-state index < -0.39 is 0 Å². The molecule has 0 atom stereocenters. The van der Waals surface area contributed by atoms with Crippen LogP contribution in [0.3, 0.4) is 0 Å². The van der Waals surface area contributed by atoms with Crippen LogP contribution in [0, 0.1) is 0 Å². The van der Waals surface area contributed by atoms with Crippen molar-refractivity contribution in [2.75, 3.05) is 72.9 Å². The normalized spacial score (nSPS) is 15.9. The highest BCUT2D eigenvalue weighted by atomic mass is 16.5. The van der Waals surface area contributed by atoms with E-state index in [-0.39, 0.29) is 5.91 Å². The number of rotatable bonds is 10. The Balaban J connectivity index is 1.16. The molecule has 9 heteroatoms. The van der Waals surface area contributed by atoms with Crippen molar-refractivity contribution in [2.45, 2.75) is 12.8 Å². The number of amides is 1. The smallest absolute Gasteiger partial charge is 0.227 e. The molecule has 0 saturated carbocycles. The van der Waals surface area contributed by atoms with E-state index in [0.717, 1.165) is 84.0 Å². The zero-order chi connectivity index (χ0) is 29.4. The molecule has 9 nitrogen and oxygen atoms in total. The SMILES string of the molecule is COc1cc(-c2cnc3cccc(-c4ccc(CC(=O)N5CCOCC5)cc4)c3n2)ccc1OCCCN1CCOCC1. The number of fused-ring (bicyclic) bond motifs is 1. The van der Waals surface area contributed by atoms with E-state index in [1.165, 1.54) is 0 Å². The van der Waals surface area contributed by atoms with Crippen LogP contribution in [-0.4, -0.2) is 98.5 Å². The van der Waals surface area contributed by atoms with Gasteiger partial charge < -0.3 is 23.8 Å². The van der Waals surface area contributed by atoms with Crippen molar-refractivity contribution >= 4 is 16.9 Å². The largest absolute Gasteiger partial charge is 0.493 e. The van der Waals surface area contributed by atoms with Gasteiger partial charge in [-0.05, 0) is 41.8 Å². The van der Waals surface area contributed by atoms with Gasteiger partial charge in [-0.1, -0.05) is 36.4 Å². The minimum Gasteiger partial charge on any atom is -0.493 e. The first-order valence-electron chi connectivity index (χ1n) is 15.0. The van der Waals surface area contributed by atoms with Crippen LogP contribution in [0.4, 0.5) is 0 Å². The molecule has 0 spiro atoms. The lowest BCUT2D eigenvalue weighted by molar-refractivity contribution is -0.134. The molecule has 2 saturated heterocycles. The third kappa shape index (κ3) is 7.13. The molecular weight excluding hydrogens is 544 g/mol. The Labute approximate surface area is 252 Å². The Hall–Kier alpha value is -4.05. The summed E-state index contributed by atoms with van der Waals surface area (Å²) in [6, 6.07) is 20.1. The van der Waals surface area contributed by atoms with Crippen LogP contribution in [0.5, 0.6) is 11.5 Å². The van der Waals surface area contributed by atoms with Crippen molar-refractivity contribution in [1.82, 2.24) is 19.8 Å². The van der Waals surface area contributed by atoms with Gasteiger partial charge >= 0.3 is 0 Å². The van der Waals surface area contributed by atoms with Crippen molar-refractivity contribution in [3.05, 3.63) is 72.4 Å². The summed E-state index contributed by atoms with van der Waals surface area (Å²) in [5, 5.41) is 0. The van der Waals surface area contributed by atoms with Gasteiger partial charge in [-0.3, -0.25) is 14.7 Å². The maximum atomic E-state index is 12.7. The number of hydrogen-bond acceptors (Lipinski definition) is 8. The van der Waals surface area contributed by atoms with Crippen molar-refractivity contribution in [2.24, 2.45) is 0 Å². The molecule has 0 bridgehead atoms. The molecular formula is C34H38N4O5. The summed E-state index contributed by atoms with van der Waals surface area (Å²) in [4.78, 5) is 26.7. The Morgan fingerprint density at radius 2 is 1.63 bits per heavy atom. The van der Waals surface area contributed by atoms with E-state index in [1.807, 2.05) is 47.4 Å². The topological polar surface area (TPSA) is 86.2 Å². The Morgan fingerprint density at radius 1 is 0.884 bits per heavy atom. The predicted molar refractivity (Wildman–Crippen MR) is 165 cm³/mol. The van der Waals surface area contributed by atoms with Gasteiger partial charge in [0.2, 0.25) is 5.91 Å². The fraction of sp³-hybridized carbons (Fsp3) is 0.382. The van der Waals surface area contributed by atoms with E-state index in [9.17, 15) is 4.79 Å². The predicted octanol–water partition coefficient (Wildman–Crippen LogP) is 4.47. The molecule has 4 aromatic rings. The molecule has 1 amide bonds. The molecule has 224 valence electrons. The third-order valence-corrected chi connectivity index (χ3v) is 8.00. The highest BCUT2D eigenvalue weighted by Crippen LogP contribution is 2.34. The average Bonchev–Trinajstić information content (AvgIpc) is 3.07. The van der Waals surface area contributed by atoms with Crippen molar-refractivity contribution in [1.29, 1.82) is 0 Å². The lowest BCUT2D eigenvalue weighted by atomic mass is 10.0. The summed E-state index contributed by atoms with van der Waals surface area (Å²) < 4.78 is 22.5. The Kier molecular flexibility index (Phi) is 9.42. The van der Waals surface area contributed by atoms with Crippen LogP contribution in [0.2, 0.25) is 0 Å². The van der Waals surface area contributed by atoms with Crippen LogP contribution in [0.15, 0.2) is 66.9 Å². The van der Waals surface area contributed by atoms with E-state index in [4.69, 9.17) is 28.9 Å². The monoisotopic (exact) mass is 582 g/mol. The molecule has 0 unspecified atom stereocenters. The number of methoxy groups -OCH3 is 1. The fourth-order valence-corrected chi connectivity index (χ4v) is 5.55. The van der Waals surface area contributed by atoms with Gasteiger partial charge in [0, 0.05) is 43.9 Å². The lowest BCUT2D eigenvalue weighted by Crippen LogP contribution is -2.41. The summed E-state index contributed by atoms with van der Waals surface area (Å²) in [5.41, 5.74) is 6.30. The highest BCUT2D eigenvalue weighted by Gasteiger charge is 2.17. The third-order valence-electron chi connectivity index (χ3n) is 8.00. The van der Waals surface area contributed by atoms with E-state index in [1.54, 1.807) is 13.3 Å². The standard InChI is InChI=1S/C34H38N4O5/c1-40-32-23-27(10-11-31(32)43-17-3-12-37-13-18-41-19-14-37)30-24-35-29-5-2-4-28(34(29)36-30)26-8-6-25(7-9-26)22-33(39)38-15-20-42-21-16-38/h2,4-11,23-24H,3,12-22H2,1H3. The second kappa shape index (κ2) is 13.9. The fourth-order valence-electron chi connectivity index (χ4n) is 5.55. The van der Waals surface area contributed by atoms with Gasteiger partial charge in [0.25, 0.3) is 0 Å². The lowest BCUT2D eigenvalue weighted by Gasteiger charge is -2.26. The molecule has 3 aromatic carbocycles. The molecule has 6 rings (SSSR count). The summed E-state index contributed by atoms with van der Waals surface area (Å²) in [6.07, 6.45) is 3.12. The number of hydrogen-bond donors (Lipinski definition) is 0. The zero-order valence-electron chi connectivity index (χ0n) is 24.7. The van der Waals surface area contributed by atoms with Crippen LogP contribution in [0.25, 0.3) is 33.4 Å². The molecule has 2 aliphatic rings. The maximum absolute atomic E-state index is 12.7. The van der Waals surface area contributed by atoms with Crippen molar-refractivity contribution in [3.8, 4) is 33.9 Å². The van der Waals surface area contributed by atoms with Crippen LogP contribution >= 0.6 is 0 Å². The molecule has 0 N–H and O–H groups in total. The van der Waals surface area contributed by atoms with E-state index in [0.29, 0.717) is 45.1 Å². The Morgan fingerprint density at radius 3 is 2.40 bits per heavy atom. The van der Waals surface area contributed by atoms with Gasteiger partial charge in [0.1, 0.15) is 0 Å². The molecule has 2 fully saturated rings. The minimum atomic E-state index is 0.136. The summed E-state index contributed by atoms with van der Waals surface area (Å²) in [5.74, 6) is 1.52. The zero-order valence-corrected chi connectivity index (χ0v) is 24.7. The van der Waals surface area contributed by atoms with Crippen molar-refractivity contribution in [3.63, 3.8) is 0 Å². The van der Waals surface area contributed by atoms with Gasteiger partial charge in [0.05, 0.1) is 69.5 Å². The van der Waals surface area contributed by atoms with Crippen LogP contribution in [-0.2, 0) is 20.7 Å². The molecule has 0 radical (unpaired) electrons. The quantitative estimate of drug-likeness (QED) is 0.253. The van der Waals surface area contributed by atoms with Gasteiger partial charge in [-0.25, -0.2) is 4.98 Å². The minimum absolute atomic E-state index is 0.136. The van der Waals surface area contributed by atoms with Crippen LogP contribution in [0.1, 0.15) is 12.0 Å². The first-order valence-corrected chi connectivity index (χ1v) is 15.0. The summed E-state index contributed by atoms with van der Waals surface area (Å²) in [7, 11) is 1.65. The summed E-state index contributed by atoms with van der Waals surface area (Å²) >= 11 is 0. The first-order chi connectivity index (χ1) is 21.2. The molecule has 2 aliphatic heterocycles. The number of ether oxygens (including phenoxy) is 4. The molecule has 1 aromatic heterocycles. The first kappa shape index (κ1) is 29.0. The van der Waals surface area contributed by atoms with E-state index >= 15 is 0 Å². The molecule has 43 heavy (non-hydrogen) atoms. The van der Waals surface area contributed by atoms with Crippen molar-refractivity contribution < 1.29 is 23.7 Å². The second-order valence-corrected chi connectivity index (χ2v) is 10.8. The van der Waals surface area contributed by atoms with Gasteiger partial charge in [-0.2, -0.15) is 0 Å². The molecule has 3 heterocycles. The van der Waals surface area contributed by atoms with Gasteiger partial charge in [-0.15, -0.1) is 0 Å². The van der Waals surface area contributed by atoms with Gasteiger partial charge in [0.15, 0.2) is 11.5 Å². The average molecular weight is 583 g/mol. The number of morpholine rings is 2. The van der Waals surface area contributed by atoms with Crippen LogP contribution < -0.4 is 9.47 Å². The molecule has 0 aliphatic carbocycles. The highest BCUT2D eigenvalue weighted by molar-refractivity contribution is 5.92. The number of para-hydroxylation sites is 1. The number of aromatic nitrogens is 2. The van der Waals surface area contributed by atoms with E-state index in [2.05, 4.69) is 23.1 Å². The Bertz CT molecular complexity index is 1530. The number of nitrogens with zero attached hydrogens (tertiary/aromatic N) is 4. The number of carbonyl (C=O) groups excluding carboxylic acids is 1. The second-order valence-electron chi connectivity index (χ2n) is 10.8. The maximum Gasteiger partial charge on any atom is 0.227 e. The summed E-state index contributed by atoms with van der Waals surface area (Å²) in [6.45, 7) is 7.71. The number of carbonyl (C=O) groups is 1.